The Morgan fingerprint density at radius 1 is 1.06 bits per heavy atom. The fourth-order valence-corrected chi connectivity index (χ4v) is 2.66. The molecule has 0 aromatic carbocycles. The maximum atomic E-state index is 5.65. The van der Waals surface area contributed by atoms with Crippen LogP contribution in [0.25, 0.3) is 0 Å². The second-order valence-corrected chi connectivity index (χ2v) is 7.29. The van der Waals surface area contributed by atoms with Gasteiger partial charge in [-0.25, -0.2) is 0 Å². The highest BCUT2D eigenvalue weighted by Gasteiger charge is 2.18. The molecular weight excluding hydrogens is 208 g/mol. The predicted octanol–water partition coefficient (Wildman–Crippen LogP) is 4.11. The lowest BCUT2D eigenvalue weighted by molar-refractivity contribution is 0.268. The minimum atomic E-state index is 0.427. The topological polar surface area (TPSA) is 38.0 Å². The van der Waals surface area contributed by atoms with Gasteiger partial charge < -0.3 is 0 Å². The average molecular weight is 242 g/mol. The summed E-state index contributed by atoms with van der Waals surface area (Å²) in [5, 5.41) is 0. The zero-order valence-corrected chi connectivity index (χ0v) is 12.8. The first-order valence-electron chi connectivity index (χ1n) is 7.20. The van der Waals surface area contributed by atoms with Crippen LogP contribution >= 0.6 is 0 Å². The van der Waals surface area contributed by atoms with E-state index < -0.39 is 0 Å². The zero-order valence-electron chi connectivity index (χ0n) is 12.8. The van der Waals surface area contributed by atoms with E-state index in [1.165, 1.54) is 32.1 Å². The molecular formula is C15H34N2. The lowest BCUT2D eigenvalue weighted by atomic mass is 9.82. The van der Waals surface area contributed by atoms with E-state index in [4.69, 9.17) is 5.84 Å². The molecule has 0 fully saturated rings. The summed E-state index contributed by atoms with van der Waals surface area (Å²) in [4.78, 5) is 0. The fourth-order valence-electron chi connectivity index (χ4n) is 2.66. The molecule has 17 heavy (non-hydrogen) atoms. The third kappa shape index (κ3) is 10.8. The number of nitrogens with one attached hydrogen (secondary N) is 1. The number of rotatable bonds is 8. The first kappa shape index (κ1) is 16.9. The van der Waals surface area contributed by atoms with Gasteiger partial charge in [-0.3, -0.25) is 11.3 Å². The van der Waals surface area contributed by atoms with Crippen molar-refractivity contribution < 1.29 is 0 Å². The molecule has 0 bridgehead atoms. The standard InChI is InChI=1S/C15H34N2/c1-12(2)8-7-9-14(17-16)10-13(3)11-15(4,5)6/h12-14,17H,7-11,16H2,1-6H3. The van der Waals surface area contributed by atoms with Gasteiger partial charge in [0.05, 0.1) is 0 Å². The lowest BCUT2D eigenvalue weighted by Crippen LogP contribution is -2.36. The Kier molecular flexibility index (Phi) is 8.06. The molecule has 0 aliphatic carbocycles. The van der Waals surface area contributed by atoms with Crippen molar-refractivity contribution in [2.45, 2.75) is 79.7 Å². The molecule has 0 amide bonds. The van der Waals surface area contributed by atoms with Gasteiger partial charge in [-0.15, -0.1) is 0 Å². The maximum Gasteiger partial charge on any atom is 0.0213 e. The van der Waals surface area contributed by atoms with E-state index in [0.717, 1.165) is 11.8 Å². The Bertz CT molecular complexity index is 182. The number of hydrogen-bond acceptors (Lipinski definition) is 2. The maximum absolute atomic E-state index is 5.65. The van der Waals surface area contributed by atoms with Gasteiger partial charge in [0, 0.05) is 6.04 Å². The van der Waals surface area contributed by atoms with Crippen LogP contribution in [-0.2, 0) is 0 Å². The summed E-state index contributed by atoms with van der Waals surface area (Å²) in [7, 11) is 0. The molecule has 2 nitrogen and oxygen atoms in total. The van der Waals surface area contributed by atoms with Crippen molar-refractivity contribution in [3.63, 3.8) is 0 Å². The molecule has 0 radical (unpaired) electrons. The molecule has 2 atom stereocenters. The summed E-state index contributed by atoms with van der Waals surface area (Å²) >= 11 is 0. The quantitative estimate of drug-likeness (QED) is 0.496. The smallest absolute Gasteiger partial charge is 0.0213 e. The third-order valence-electron chi connectivity index (χ3n) is 3.22. The van der Waals surface area contributed by atoms with Crippen molar-refractivity contribution >= 4 is 0 Å². The summed E-state index contributed by atoms with van der Waals surface area (Å²) in [6.45, 7) is 13.9. The van der Waals surface area contributed by atoms with Crippen LogP contribution < -0.4 is 11.3 Å². The molecule has 2 unspecified atom stereocenters. The molecule has 0 aliphatic heterocycles. The van der Waals surface area contributed by atoms with E-state index in [0.29, 0.717) is 11.5 Å². The van der Waals surface area contributed by atoms with Crippen molar-refractivity contribution in [2.75, 3.05) is 0 Å². The highest BCUT2D eigenvalue weighted by molar-refractivity contribution is 4.72. The fraction of sp³-hybridized carbons (Fsp3) is 1.00. The minimum Gasteiger partial charge on any atom is -0.271 e. The highest BCUT2D eigenvalue weighted by atomic mass is 15.2. The van der Waals surface area contributed by atoms with E-state index >= 15 is 0 Å². The molecule has 2 heteroatoms. The van der Waals surface area contributed by atoms with Crippen molar-refractivity contribution in [2.24, 2.45) is 23.1 Å². The van der Waals surface area contributed by atoms with Crippen molar-refractivity contribution in [1.29, 1.82) is 0 Å². The number of hydrogen-bond donors (Lipinski definition) is 2. The molecule has 3 N–H and O–H groups in total. The van der Waals surface area contributed by atoms with E-state index in [9.17, 15) is 0 Å². The molecule has 0 spiro atoms. The number of nitrogens with two attached hydrogens (primary N) is 1. The normalized spacial score (nSPS) is 16.2. The van der Waals surface area contributed by atoms with Crippen LogP contribution in [0.3, 0.4) is 0 Å². The van der Waals surface area contributed by atoms with Gasteiger partial charge in [-0.1, -0.05) is 54.4 Å². The second-order valence-electron chi connectivity index (χ2n) is 7.29. The van der Waals surface area contributed by atoms with Crippen molar-refractivity contribution in [1.82, 2.24) is 5.43 Å². The Balaban J connectivity index is 3.87. The zero-order chi connectivity index (χ0) is 13.5. The third-order valence-corrected chi connectivity index (χ3v) is 3.22. The largest absolute Gasteiger partial charge is 0.271 e. The van der Waals surface area contributed by atoms with Crippen LogP contribution in [0.2, 0.25) is 0 Å². The molecule has 0 rings (SSSR count). The summed E-state index contributed by atoms with van der Waals surface area (Å²) in [5.41, 5.74) is 3.42. The van der Waals surface area contributed by atoms with Gasteiger partial charge in [-0.2, -0.15) is 0 Å². The first-order chi connectivity index (χ1) is 7.74. The second kappa shape index (κ2) is 8.10. The summed E-state index contributed by atoms with van der Waals surface area (Å²) in [6, 6.07) is 0.492. The van der Waals surface area contributed by atoms with Gasteiger partial charge in [0.15, 0.2) is 0 Å². The van der Waals surface area contributed by atoms with Gasteiger partial charge in [-0.05, 0) is 36.5 Å². The van der Waals surface area contributed by atoms with Crippen LogP contribution in [0.4, 0.5) is 0 Å². The summed E-state index contributed by atoms with van der Waals surface area (Å²) in [5.74, 6) is 7.20. The Morgan fingerprint density at radius 3 is 2.06 bits per heavy atom. The van der Waals surface area contributed by atoms with Crippen molar-refractivity contribution in [3.8, 4) is 0 Å². The van der Waals surface area contributed by atoms with Crippen LogP contribution in [0.15, 0.2) is 0 Å². The van der Waals surface area contributed by atoms with E-state index in [1.54, 1.807) is 0 Å². The highest BCUT2D eigenvalue weighted by Crippen LogP contribution is 2.27. The molecule has 0 saturated heterocycles. The lowest BCUT2D eigenvalue weighted by Gasteiger charge is -2.26. The monoisotopic (exact) mass is 242 g/mol. The molecule has 0 aromatic heterocycles. The van der Waals surface area contributed by atoms with Gasteiger partial charge in [0.1, 0.15) is 0 Å². The SMILES string of the molecule is CC(C)CCCC(CC(C)CC(C)(C)C)NN. The predicted molar refractivity (Wildman–Crippen MR) is 77.7 cm³/mol. The van der Waals surface area contributed by atoms with Gasteiger partial charge >= 0.3 is 0 Å². The molecule has 0 aliphatic rings. The Hall–Kier alpha value is -0.0800. The van der Waals surface area contributed by atoms with Crippen molar-refractivity contribution in [3.05, 3.63) is 0 Å². The first-order valence-corrected chi connectivity index (χ1v) is 7.20. The molecule has 0 aromatic rings. The summed E-state index contributed by atoms with van der Waals surface area (Å²) < 4.78 is 0. The average Bonchev–Trinajstić information content (AvgIpc) is 2.12. The van der Waals surface area contributed by atoms with Crippen LogP contribution in [0, 0.1) is 17.3 Å². The van der Waals surface area contributed by atoms with Crippen LogP contribution in [0.1, 0.15) is 73.6 Å². The minimum absolute atomic E-state index is 0.427. The van der Waals surface area contributed by atoms with Crippen LogP contribution in [-0.4, -0.2) is 6.04 Å². The Morgan fingerprint density at radius 2 is 1.65 bits per heavy atom. The molecule has 0 saturated carbocycles. The number of hydrazine groups is 1. The Labute approximate surface area is 109 Å². The summed E-state index contributed by atoms with van der Waals surface area (Å²) in [6.07, 6.45) is 6.28. The van der Waals surface area contributed by atoms with E-state index in [1.807, 2.05) is 0 Å². The molecule has 104 valence electrons. The van der Waals surface area contributed by atoms with E-state index in [-0.39, 0.29) is 0 Å². The van der Waals surface area contributed by atoms with Gasteiger partial charge in [0.25, 0.3) is 0 Å². The van der Waals surface area contributed by atoms with Crippen LogP contribution in [0.5, 0.6) is 0 Å². The van der Waals surface area contributed by atoms with E-state index in [2.05, 4.69) is 47.0 Å². The van der Waals surface area contributed by atoms with Gasteiger partial charge in [0.2, 0.25) is 0 Å². The molecule has 0 heterocycles.